The van der Waals surface area contributed by atoms with Crippen LogP contribution in [-0.2, 0) is 0 Å². The molecule has 0 aliphatic rings. The molecule has 0 saturated carbocycles. The lowest BCUT2D eigenvalue weighted by atomic mass is 10.1. The van der Waals surface area contributed by atoms with E-state index in [2.05, 4.69) is 44.8 Å². The molecule has 3 aromatic rings. The van der Waals surface area contributed by atoms with E-state index in [1.54, 1.807) is 6.26 Å². The first-order chi connectivity index (χ1) is 10.2. The predicted molar refractivity (Wildman–Crippen MR) is 93.5 cm³/mol. The molecule has 0 amide bonds. The van der Waals surface area contributed by atoms with Crippen LogP contribution in [-0.4, -0.2) is 16.5 Å². The number of hydrogen-bond acceptors (Lipinski definition) is 4. The minimum Gasteiger partial charge on any atom is -0.464 e. The number of para-hydroxylation sites is 1. The van der Waals surface area contributed by atoms with Crippen molar-refractivity contribution in [3.8, 4) is 11.4 Å². The molecule has 0 unspecified atom stereocenters. The minimum atomic E-state index is 0.705. The molecule has 21 heavy (non-hydrogen) atoms. The highest BCUT2D eigenvalue weighted by Crippen LogP contribution is 2.30. The van der Waals surface area contributed by atoms with Gasteiger partial charge >= 0.3 is 0 Å². The topological polar surface area (TPSA) is 51.0 Å². The van der Waals surface area contributed by atoms with E-state index in [0.717, 1.165) is 44.6 Å². The Kier molecular flexibility index (Phi) is 4.10. The van der Waals surface area contributed by atoms with Crippen LogP contribution in [0.25, 0.3) is 22.4 Å². The highest BCUT2D eigenvalue weighted by atomic mass is 127. The van der Waals surface area contributed by atoms with Gasteiger partial charge in [-0.3, -0.25) is 0 Å². The van der Waals surface area contributed by atoms with Gasteiger partial charge in [-0.25, -0.2) is 9.97 Å². The summed E-state index contributed by atoms with van der Waals surface area (Å²) in [5, 5.41) is 4.41. The molecule has 5 heteroatoms. The van der Waals surface area contributed by atoms with Crippen molar-refractivity contribution in [1.82, 2.24) is 9.97 Å². The molecule has 1 aromatic carbocycles. The number of hydrogen-bond donors (Lipinski definition) is 1. The van der Waals surface area contributed by atoms with Crippen molar-refractivity contribution in [1.29, 1.82) is 0 Å². The van der Waals surface area contributed by atoms with Crippen molar-refractivity contribution < 1.29 is 4.42 Å². The van der Waals surface area contributed by atoms with Crippen molar-refractivity contribution in [2.45, 2.75) is 20.3 Å². The summed E-state index contributed by atoms with van der Waals surface area (Å²) in [5.74, 6) is 1.60. The Morgan fingerprint density at radius 1 is 1.24 bits per heavy atom. The first-order valence-corrected chi connectivity index (χ1v) is 8.03. The number of nitrogens with zero attached hydrogens (tertiary/aromatic N) is 2. The molecule has 0 aliphatic carbocycles. The molecular weight excluding hydrogens is 377 g/mol. The molecule has 2 heterocycles. The molecule has 0 radical (unpaired) electrons. The Labute approximate surface area is 137 Å². The van der Waals surface area contributed by atoms with Gasteiger partial charge in [-0.2, -0.15) is 0 Å². The van der Waals surface area contributed by atoms with Crippen LogP contribution in [0.2, 0.25) is 0 Å². The van der Waals surface area contributed by atoms with E-state index in [9.17, 15) is 0 Å². The molecule has 108 valence electrons. The predicted octanol–water partition coefficient (Wildman–Crippen LogP) is 4.62. The summed E-state index contributed by atoms with van der Waals surface area (Å²) in [6.45, 7) is 5.04. The van der Waals surface area contributed by atoms with Crippen LogP contribution in [0.5, 0.6) is 0 Å². The lowest BCUT2D eigenvalue weighted by Gasteiger charge is -2.10. The highest BCUT2D eigenvalue weighted by molar-refractivity contribution is 14.1. The Morgan fingerprint density at radius 2 is 2.05 bits per heavy atom. The van der Waals surface area contributed by atoms with E-state index in [-0.39, 0.29) is 0 Å². The second-order valence-electron chi connectivity index (χ2n) is 4.87. The normalized spacial score (nSPS) is 11.0. The van der Waals surface area contributed by atoms with Gasteiger partial charge in [0.1, 0.15) is 17.7 Å². The monoisotopic (exact) mass is 393 g/mol. The minimum absolute atomic E-state index is 0.705. The third kappa shape index (κ3) is 2.74. The van der Waals surface area contributed by atoms with Crippen LogP contribution in [0.3, 0.4) is 0 Å². The first-order valence-electron chi connectivity index (χ1n) is 6.95. The standard InChI is InChI=1S/C16H16IN3O/c1-3-8-18-16-14(17)10(2)19-15(20-16)12-9-21-13-7-5-4-6-11(12)13/h4-7,9H,3,8H2,1-2H3,(H,18,19,20). The van der Waals surface area contributed by atoms with Crippen LogP contribution in [0.4, 0.5) is 5.82 Å². The molecule has 3 rings (SSSR count). The van der Waals surface area contributed by atoms with Crippen molar-refractivity contribution in [2.24, 2.45) is 0 Å². The van der Waals surface area contributed by atoms with E-state index >= 15 is 0 Å². The van der Waals surface area contributed by atoms with Gasteiger partial charge in [-0.15, -0.1) is 0 Å². The summed E-state index contributed by atoms with van der Waals surface area (Å²) in [5.41, 5.74) is 2.77. The number of anilines is 1. The van der Waals surface area contributed by atoms with Gasteiger partial charge < -0.3 is 9.73 Å². The van der Waals surface area contributed by atoms with Crippen molar-refractivity contribution in [3.63, 3.8) is 0 Å². The number of aromatic nitrogens is 2. The van der Waals surface area contributed by atoms with E-state index in [1.165, 1.54) is 0 Å². The number of halogens is 1. The third-order valence-corrected chi connectivity index (χ3v) is 4.57. The van der Waals surface area contributed by atoms with Crippen molar-refractivity contribution in [2.75, 3.05) is 11.9 Å². The van der Waals surface area contributed by atoms with Crippen LogP contribution >= 0.6 is 22.6 Å². The molecule has 0 saturated heterocycles. The number of rotatable bonds is 4. The molecule has 0 spiro atoms. The van der Waals surface area contributed by atoms with Gasteiger partial charge in [0.25, 0.3) is 0 Å². The van der Waals surface area contributed by atoms with Gasteiger partial charge in [0.15, 0.2) is 5.82 Å². The number of fused-ring (bicyclic) bond motifs is 1. The van der Waals surface area contributed by atoms with Crippen LogP contribution in [0.1, 0.15) is 19.0 Å². The number of furan rings is 1. The first kappa shape index (κ1) is 14.3. The Hall–Kier alpha value is -1.63. The lowest BCUT2D eigenvalue weighted by molar-refractivity contribution is 0.616. The summed E-state index contributed by atoms with van der Waals surface area (Å²) >= 11 is 2.29. The third-order valence-electron chi connectivity index (χ3n) is 3.28. The second-order valence-corrected chi connectivity index (χ2v) is 5.95. The summed E-state index contributed by atoms with van der Waals surface area (Å²) in [6.07, 6.45) is 2.79. The van der Waals surface area contributed by atoms with E-state index < -0.39 is 0 Å². The van der Waals surface area contributed by atoms with Gasteiger partial charge in [0.2, 0.25) is 0 Å². The van der Waals surface area contributed by atoms with Crippen molar-refractivity contribution in [3.05, 3.63) is 39.8 Å². The number of nitrogens with one attached hydrogen (secondary N) is 1. The fourth-order valence-electron chi connectivity index (χ4n) is 2.19. The Bertz CT molecular complexity index is 782. The Morgan fingerprint density at radius 3 is 2.86 bits per heavy atom. The van der Waals surface area contributed by atoms with E-state index in [1.807, 2.05) is 31.2 Å². The molecule has 4 nitrogen and oxygen atoms in total. The van der Waals surface area contributed by atoms with E-state index in [4.69, 9.17) is 4.42 Å². The van der Waals surface area contributed by atoms with Crippen LogP contribution in [0, 0.1) is 10.5 Å². The van der Waals surface area contributed by atoms with Crippen molar-refractivity contribution >= 4 is 39.4 Å². The summed E-state index contributed by atoms with van der Waals surface area (Å²) in [4.78, 5) is 9.29. The van der Waals surface area contributed by atoms with E-state index in [0.29, 0.717) is 5.82 Å². The SMILES string of the molecule is CCCNc1nc(-c2coc3ccccc23)nc(C)c1I. The summed E-state index contributed by atoms with van der Waals surface area (Å²) in [6, 6.07) is 7.94. The maximum atomic E-state index is 5.59. The largest absolute Gasteiger partial charge is 0.464 e. The van der Waals surface area contributed by atoms with Gasteiger partial charge in [0, 0.05) is 11.9 Å². The lowest BCUT2D eigenvalue weighted by Crippen LogP contribution is -2.07. The zero-order valence-electron chi connectivity index (χ0n) is 12.0. The van der Waals surface area contributed by atoms with Gasteiger partial charge in [0.05, 0.1) is 14.8 Å². The van der Waals surface area contributed by atoms with Crippen LogP contribution < -0.4 is 5.32 Å². The maximum Gasteiger partial charge on any atom is 0.165 e. The molecular formula is C16H16IN3O. The molecule has 1 N–H and O–H groups in total. The summed E-state index contributed by atoms with van der Waals surface area (Å²) in [7, 11) is 0. The van der Waals surface area contributed by atoms with Crippen LogP contribution in [0.15, 0.2) is 34.9 Å². The molecule has 0 atom stereocenters. The van der Waals surface area contributed by atoms with Gasteiger partial charge in [-0.05, 0) is 42.0 Å². The average molecular weight is 393 g/mol. The molecule has 0 bridgehead atoms. The second kappa shape index (κ2) is 6.01. The fraction of sp³-hybridized carbons (Fsp3) is 0.250. The average Bonchev–Trinajstić information content (AvgIpc) is 2.92. The molecule has 0 aliphatic heterocycles. The number of aryl methyl sites for hydroxylation is 1. The highest BCUT2D eigenvalue weighted by Gasteiger charge is 2.14. The zero-order valence-corrected chi connectivity index (χ0v) is 14.1. The molecule has 2 aromatic heterocycles. The summed E-state index contributed by atoms with van der Waals surface area (Å²) < 4.78 is 6.66. The quantitative estimate of drug-likeness (QED) is 0.657. The Balaban J connectivity index is 2.11. The smallest absolute Gasteiger partial charge is 0.165 e. The maximum absolute atomic E-state index is 5.59. The van der Waals surface area contributed by atoms with Gasteiger partial charge in [-0.1, -0.05) is 25.1 Å². The zero-order chi connectivity index (χ0) is 14.8. The fourth-order valence-corrected chi connectivity index (χ4v) is 2.62. The number of benzene rings is 1. The molecule has 0 fully saturated rings.